The Morgan fingerprint density at radius 1 is 0.805 bits per heavy atom. The maximum absolute atomic E-state index is 13.9. The molecule has 1 fully saturated rings. The molecule has 0 saturated carbocycles. The molecule has 1 aliphatic heterocycles. The van der Waals surface area contributed by atoms with Crippen molar-refractivity contribution < 1.29 is 34.5 Å². The first kappa shape index (κ1) is 27.6. The molecular formula is C29H24N4O8. The van der Waals surface area contributed by atoms with Gasteiger partial charge >= 0.3 is 5.69 Å². The van der Waals surface area contributed by atoms with Crippen LogP contribution in [0.4, 0.5) is 5.82 Å². The number of rotatable bonds is 8. The van der Waals surface area contributed by atoms with Gasteiger partial charge in [0.15, 0.2) is 6.10 Å². The van der Waals surface area contributed by atoms with Crippen LogP contribution in [0.1, 0.15) is 31.1 Å². The van der Waals surface area contributed by atoms with Crippen LogP contribution >= 0.6 is 0 Å². The molecule has 12 nitrogen and oxygen atoms in total. The highest BCUT2D eigenvalue weighted by atomic mass is 16.8. The molecule has 3 aromatic carbocycles. The van der Waals surface area contributed by atoms with E-state index in [9.17, 15) is 34.5 Å². The molecule has 2 heterocycles. The lowest BCUT2D eigenvalue weighted by Gasteiger charge is -2.38. The summed E-state index contributed by atoms with van der Waals surface area (Å²) in [6.45, 7) is -1.02. The van der Waals surface area contributed by atoms with E-state index < -0.39 is 47.2 Å². The van der Waals surface area contributed by atoms with E-state index >= 15 is 0 Å². The van der Waals surface area contributed by atoms with Crippen LogP contribution in [-0.4, -0.2) is 66.5 Å². The van der Waals surface area contributed by atoms with Crippen molar-refractivity contribution in [3.05, 3.63) is 130 Å². The molecule has 1 aliphatic rings. The molecular weight excluding hydrogens is 532 g/mol. The zero-order valence-electron chi connectivity index (χ0n) is 21.3. The van der Waals surface area contributed by atoms with E-state index in [1.807, 2.05) is 0 Å². The van der Waals surface area contributed by atoms with E-state index in [4.69, 9.17) is 4.84 Å². The number of nitrogens with zero attached hydrogens (tertiary/aromatic N) is 3. The van der Waals surface area contributed by atoms with Crippen molar-refractivity contribution in [1.29, 1.82) is 0 Å². The highest BCUT2D eigenvalue weighted by Gasteiger charge is 2.74. The molecule has 4 N–H and O–H groups in total. The summed E-state index contributed by atoms with van der Waals surface area (Å²) in [6.07, 6.45) is -0.871. The lowest BCUT2D eigenvalue weighted by molar-refractivity contribution is -0.0971. The number of Topliss-reactive ketones (excluding diaryl/α,β-unsaturated/α-hetero) is 2. The fourth-order valence-electron chi connectivity index (χ4n) is 4.56. The smallest absolute Gasteiger partial charge is 0.370 e. The van der Waals surface area contributed by atoms with Crippen molar-refractivity contribution in [2.24, 2.45) is 0 Å². The minimum absolute atomic E-state index is 0.0948. The zero-order valence-corrected chi connectivity index (χ0v) is 21.3. The van der Waals surface area contributed by atoms with Gasteiger partial charge in [0.1, 0.15) is 5.82 Å². The number of aromatic nitrogens is 2. The van der Waals surface area contributed by atoms with Gasteiger partial charge in [0.2, 0.25) is 17.2 Å². The maximum Gasteiger partial charge on any atom is 0.370 e. The fraction of sp³-hybridized carbons (Fsp3) is 0.138. The van der Waals surface area contributed by atoms with Gasteiger partial charge < -0.3 is 20.6 Å². The molecule has 12 heteroatoms. The Morgan fingerprint density at radius 2 is 1.32 bits per heavy atom. The SMILES string of the molecule is O=C(Nc1ccn(N2O[C@H](CO)[C@](O)(C(=O)c3ccccc3)[C@]2(O)C(=O)c2ccccc2)c(=O)n1)c1ccccc1. The first-order valence-electron chi connectivity index (χ1n) is 12.4. The van der Waals surface area contributed by atoms with E-state index in [0.717, 1.165) is 6.20 Å². The Balaban J connectivity index is 1.60. The van der Waals surface area contributed by atoms with Gasteiger partial charge in [-0.3, -0.25) is 14.4 Å². The number of hydrogen-bond donors (Lipinski definition) is 4. The average molecular weight is 557 g/mol. The third-order valence-electron chi connectivity index (χ3n) is 6.66. The molecule has 1 saturated heterocycles. The highest BCUT2D eigenvalue weighted by Crippen LogP contribution is 2.42. The molecule has 0 aliphatic carbocycles. The van der Waals surface area contributed by atoms with Crippen LogP contribution < -0.4 is 16.2 Å². The summed E-state index contributed by atoms with van der Waals surface area (Å²) in [5.41, 5.74) is -7.44. The van der Waals surface area contributed by atoms with Gasteiger partial charge in [0.25, 0.3) is 11.6 Å². The second-order valence-corrected chi connectivity index (χ2v) is 9.14. The number of hydroxylamine groups is 1. The Labute approximate surface area is 232 Å². The van der Waals surface area contributed by atoms with Crippen molar-refractivity contribution in [3.63, 3.8) is 0 Å². The number of carbonyl (C=O) groups is 3. The second-order valence-electron chi connectivity index (χ2n) is 9.14. The zero-order chi connectivity index (χ0) is 29.2. The standard InChI is InChI=1S/C29H24N4O8/c34-18-22-28(39,24(35)19-10-4-1-5-11-19)29(40,25(36)20-12-6-2-7-13-20)33(41-22)32-17-16-23(31-27(32)38)30-26(37)21-14-8-3-9-15-21/h1-17,22,34,39-40H,18H2,(H,30,31,37,38)/t22-,28+,29-/m1/s1. The summed E-state index contributed by atoms with van der Waals surface area (Å²) in [5.74, 6) is -3.05. The van der Waals surface area contributed by atoms with E-state index in [1.165, 1.54) is 54.6 Å². The number of benzene rings is 3. The van der Waals surface area contributed by atoms with Crippen molar-refractivity contribution in [2.45, 2.75) is 17.4 Å². The number of aliphatic hydroxyl groups is 3. The van der Waals surface area contributed by atoms with Gasteiger partial charge in [0, 0.05) is 22.9 Å². The topological polar surface area (TPSA) is 171 Å². The van der Waals surface area contributed by atoms with Crippen LogP contribution in [0.3, 0.4) is 0 Å². The Morgan fingerprint density at radius 3 is 1.83 bits per heavy atom. The average Bonchev–Trinajstić information content (AvgIpc) is 3.25. The molecule has 1 amide bonds. The van der Waals surface area contributed by atoms with Crippen LogP contribution in [0.5, 0.6) is 0 Å². The quantitative estimate of drug-likeness (QED) is 0.229. The second kappa shape index (κ2) is 10.9. The number of aliphatic hydroxyl groups excluding tert-OH is 1. The van der Waals surface area contributed by atoms with Crippen LogP contribution in [0.2, 0.25) is 0 Å². The molecule has 0 spiro atoms. The monoisotopic (exact) mass is 556 g/mol. The van der Waals surface area contributed by atoms with E-state index in [2.05, 4.69) is 10.3 Å². The summed E-state index contributed by atoms with van der Waals surface area (Å²) in [4.78, 5) is 62.6. The number of anilines is 1. The first-order chi connectivity index (χ1) is 19.7. The van der Waals surface area contributed by atoms with Gasteiger partial charge in [0.05, 0.1) is 6.61 Å². The van der Waals surface area contributed by atoms with E-state index in [1.54, 1.807) is 42.5 Å². The molecule has 0 radical (unpaired) electrons. The third-order valence-corrected chi connectivity index (χ3v) is 6.66. The van der Waals surface area contributed by atoms with Gasteiger partial charge in [-0.15, -0.1) is 5.17 Å². The molecule has 4 aromatic rings. The Kier molecular flexibility index (Phi) is 7.30. The number of carbonyl (C=O) groups excluding carboxylic acids is 3. The lowest BCUT2D eigenvalue weighted by Crippen LogP contribution is -2.72. The molecule has 0 bridgehead atoms. The first-order valence-corrected chi connectivity index (χ1v) is 12.4. The summed E-state index contributed by atoms with van der Waals surface area (Å²) >= 11 is 0. The van der Waals surface area contributed by atoms with Gasteiger partial charge in [-0.2, -0.15) is 9.66 Å². The third kappa shape index (κ3) is 4.60. The van der Waals surface area contributed by atoms with E-state index in [0.29, 0.717) is 15.4 Å². The molecule has 41 heavy (non-hydrogen) atoms. The number of hydrogen-bond acceptors (Lipinski definition) is 10. The van der Waals surface area contributed by atoms with Gasteiger partial charge in [-0.1, -0.05) is 78.9 Å². The van der Waals surface area contributed by atoms with Gasteiger partial charge in [-0.25, -0.2) is 9.63 Å². The van der Waals surface area contributed by atoms with Crippen LogP contribution in [0.15, 0.2) is 108 Å². The predicted octanol–water partition coefficient (Wildman–Crippen LogP) is 0.925. The molecule has 3 atom stereocenters. The minimum atomic E-state index is -3.27. The van der Waals surface area contributed by atoms with Gasteiger partial charge in [-0.05, 0) is 18.2 Å². The Hall–Kier alpha value is -5.01. The number of nitrogens with one attached hydrogen (secondary N) is 1. The lowest BCUT2D eigenvalue weighted by atomic mass is 9.76. The van der Waals surface area contributed by atoms with Crippen LogP contribution in [-0.2, 0) is 4.84 Å². The summed E-state index contributed by atoms with van der Waals surface area (Å²) in [5, 5.41) is 36.9. The minimum Gasteiger partial charge on any atom is -0.393 e. The molecule has 208 valence electrons. The summed E-state index contributed by atoms with van der Waals surface area (Å²) < 4.78 is 0.553. The van der Waals surface area contributed by atoms with Crippen LogP contribution in [0, 0.1) is 0 Å². The van der Waals surface area contributed by atoms with Crippen molar-refractivity contribution in [3.8, 4) is 0 Å². The maximum atomic E-state index is 13.9. The summed E-state index contributed by atoms with van der Waals surface area (Å²) in [7, 11) is 0. The normalized spacial score (nSPS) is 21.8. The number of ketones is 2. The summed E-state index contributed by atoms with van der Waals surface area (Å²) in [6, 6.07) is 24.0. The highest BCUT2D eigenvalue weighted by molar-refractivity contribution is 6.13. The number of amides is 1. The van der Waals surface area contributed by atoms with E-state index in [-0.39, 0.29) is 16.9 Å². The van der Waals surface area contributed by atoms with Crippen LogP contribution in [0.25, 0.3) is 0 Å². The molecule has 0 unspecified atom stereocenters. The largest absolute Gasteiger partial charge is 0.393 e. The molecule has 5 rings (SSSR count). The van der Waals surface area contributed by atoms with Crippen molar-refractivity contribution in [2.75, 3.05) is 17.1 Å². The predicted molar refractivity (Wildman–Crippen MR) is 145 cm³/mol. The van der Waals surface area contributed by atoms with Crippen molar-refractivity contribution >= 4 is 23.3 Å². The fourth-order valence-corrected chi connectivity index (χ4v) is 4.56. The molecule has 1 aromatic heterocycles. The van der Waals surface area contributed by atoms with Crippen molar-refractivity contribution in [1.82, 2.24) is 9.66 Å². The Bertz CT molecular complexity index is 1650.